The monoisotopic (exact) mass is 350 g/mol. The second-order valence-corrected chi connectivity index (χ2v) is 7.82. The smallest absolute Gasteiger partial charge is 0.0696 e. The molecule has 0 heterocycles. The maximum absolute atomic E-state index is 6.44. The molecule has 5 atom stereocenters. The predicted molar refractivity (Wildman–Crippen MR) is 81.7 cm³/mol. The highest BCUT2D eigenvalue weighted by atomic mass is 127. The molecule has 0 saturated heterocycles. The number of alkyl halides is 1. The van der Waals surface area contributed by atoms with Crippen LogP contribution in [0, 0.1) is 11.8 Å². The zero-order valence-corrected chi connectivity index (χ0v) is 13.5. The van der Waals surface area contributed by atoms with Gasteiger partial charge in [-0.2, -0.15) is 0 Å². The van der Waals surface area contributed by atoms with E-state index in [0.29, 0.717) is 12.2 Å². The lowest BCUT2D eigenvalue weighted by Crippen LogP contribution is -2.33. The average Bonchev–Trinajstić information content (AvgIpc) is 2.50. The van der Waals surface area contributed by atoms with Crippen LogP contribution in [0.2, 0.25) is 0 Å². The summed E-state index contributed by atoms with van der Waals surface area (Å²) in [6.07, 6.45) is 11.9. The van der Waals surface area contributed by atoms with E-state index in [9.17, 15) is 0 Å². The van der Waals surface area contributed by atoms with E-state index in [1.54, 1.807) is 0 Å². The SMILES string of the molecule is CC1CCC(OC2CCCCCC2I)CC1C. The van der Waals surface area contributed by atoms with Gasteiger partial charge in [0, 0.05) is 3.92 Å². The van der Waals surface area contributed by atoms with Gasteiger partial charge in [-0.3, -0.25) is 0 Å². The zero-order chi connectivity index (χ0) is 12.3. The van der Waals surface area contributed by atoms with Crippen LogP contribution < -0.4 is 0 Å². The molecule has 2 aliphatic carbocycles. The fourth-order valence-corrected chi connectivity index (χ4v) is 4.22. The van der Waals surface area contributed by atoms with Crippen LogP contribution in [0.15, 0.2) is 0 Å². The van der Waals surface area contributed by atoms with E-state index in [4.69, 9.17) is 4.74 Å². The minimum atomic E-state index is 0.545. The van der Waals surface area contributed by atoms with Crippen molar-refractivity contribution in [3.63, 3.8) is 0 Å². The lowest BCUT2D eigenvalue weighted by molar-refractivity contribution is -0.0480. The van der Waals surface area contributed by atoms with Crippen molar-refractivity contribution < 1.29 is 4.74 Å². The van der Waals surface area contributed by atoms with Crippen LogP contribution >= 0.6 is 22.6 Å². The summed E-state index contributed by atoms with van der Waals surface area (Å²) in [5.41, 5.74) is 0. The van der Waals surface area contributed by atoms with Crippen molar-refractivity contribution in [1.82, 2.24) is 0 Å². The van der Waals surface area contributed by atoms with Gasteiger partial charge in [-0.05, 0) is 43.9 Å². The maximum atomic E-state index is 6.44. The van der Waals surface area contributed by atoms with Crippen LogP contribution in [0.5, 0.6) is 0 Å². The van der Waals surface area contributed by atoms with Crippen molar-refractivity contribution in [2.24, 2.45) is 11.8 Å². The van der Waals surface area contributed by atoms with Crippen LogP contribution in [0.1, 0.15) is 65.2 Å². The lowest BCUT2D eigenvalue weighted by Gasteiger charge is -2.35. The van der Waals surface area contributed by atoms with Crippen molar-refractivity contribution in [3.05, 3.63) is 0 Å². The first-order valence-electron chi connectivity index (χ1n) is 7.46. The summed E-state index contributed by atoms with van der Waals surface area (Å²) in [6, 6.07) is 0. The molecule has 2 saturated carbocycles. The molecule has 0 aromatic carbocycles. The Kier molecular flexibility index (Phi) is 5.59. The van der Waals surface area contributed by atoms with Crippen molar-refractivity contribution in [2.45, 2.75) is 81.3 Å². The third kappa shape index (κ3) is 4.09. The van der Waals surface area contributed by atoms with E-state index in [1.165, 1.54) is 51.4 Å². The summed E-state index contributed by atoms with van der Waals surface area (Å²) in [5, 5.41) is 0. The molecule has 2 aliphatic rings. The van der Waals surface area contributed by atoms with Crippen molar-refractivity contribution in [2.75, 3.05) is 0 Å². The molecule has 0 N–H and O–H groups in total. The van der Waals surface area contributed by atoms with E-state index in [1.807, 2.05) is 0 Å². The summed E-state index contributed by atoms with van der Waals surface area (Å²) in [6.45, 7) is 4.79. The van der Waals surface area contributed by atoms with Gasteiger partial charge in [0.25, 0.3) is 0 Å². The second kappa shape index (κ2) is 6.74. The zero-order valence-electron chi connectivity index (χ0n) is 11.3. The fraction of sp³-hybridized carbons (Fsp3) is 1.00. The first kappa shape index (κ1) is 14.1. The third-order valence-corrected chi connectivity index (χ3v) is 6.21. The van der Waals surface area contributed by atoms with Gasteiger partial charge in [0.2, 0.25) is 0 Å². The standard InChI is InChI=1S/C15H27IO/c1-11-8-9-13(10-12(11)2)17-15-7-5-3-4-6-14(15)16/h11-15H,3-10H2,1-2H3. The molecule has 0 aromatic heterocycles. The molecule has 2 rings (SSSR count). The molecular weight excluding hydrogens is 323 g/mol. The Labute approximate surface area is 120 Å². The summed E-state index contributed by atoms with van der Waals surface area (Å²) >= 11 is 2.62. The molecule has 100 valence electrons. The van der Waals surface area contributed by atoms with Gasteiger partial charge in [-0.15, -0.1) is 0 Å². The highest BCUT2D eigenvalue weighted by Gasteiger charge is 2.29. The number of hydrogen-bond acceptors (Lipinski definition) is 1. The Balaban J connectivity index is 1.83. The highest BCUT2D eigenvalue weighted by molar-refractivity contribution is 14.1. The first-order chi connectivity index (χ1) is 8.16. The molecule has 0 aromatic rings. The Bertz CT molecular complexity index is 231. The fourth-order valence-electron chi connectivity index (χ4n) is 3.25. The second-order valence-electron chi connectivity index (χ2n) is 6.22. The molecular formula is C15H27IO. The van der Waals surface area contributed by atoms with Gasteiger partial charge < -0.3 is 4.74 Å². The quantitative estimate of drug-likeness (QED) is 0.388. The highest BCUT2D eigenvalue weighted by Crippen LogP contribution is 2.34. The Hall–Kier alpha value is 0.690. The molecule has 0 radical (unpaired) electrons. The van der Waals surface area contributed by atoms with Gasteiger partial charge in [0.15, 0.2) is 0 Å². The molecule has 5 unspecified atom stereocenters. The van der Waals surface area contributed by atoms with Gasteiger partial charge in [-0.25, -0.2) is 0 Å². The molecule has 0 amide bonds. The van der Waals surface area contributed by atoms with Crippen molar-refractivity contribution in [1.29, 1.82) is 0 Å². The molecule has 2 fully saturated rings. The lowest BCUT2D eigenvalue weighted by atomic mass is 9.80. The van der Waals surface area contributed by atoms with Crippen LogP contribution in [0.25, 0.3) is 0 Å². The minimum Gasteiger partial charge on any atom is -0.374 e. The normalized spacial score (nSPS) is 44.3. The van der Waals surface area contributed by atoms with Gasteiger partial charge in [0.1, 0.15) is 0 Å². The summed E-state index contributed by atoms with van der Waals surface area (Å²) in [5.74, 6) is 1.76. The Morgan fingerprint density at radius 2 is 1.65 bits per heavy atom. The van der Waals surface area contributed by atoms with Crippen LogP contribution in [0.4, 0.5) is 0 Å². The Morgan fingerprint density at radius 1 is 0.882 bits per heavy atom. The number of halogens is 1. The molecule has 2 heteroatoms. The number of rotatable bonds is 2. The third-order valence-electron chi connectivity index (χ3n) is 4.79. The van der Waals surface area contributed by atoms with E-state index >= 15 is 0 Å². The van der Waals surface area contributed by atoms with E-state index in [-0.39, 0.29) is 0 Å². The molecule has 17 heavy (non-hydrogen) atoms. The number of hydrogen-bond donors (Lipinski definition) is 0. The van der Waals surface area contributed by atoms with Crippen LogP contribution in [-0.2, 0) is 4.74 Å². The summed E-state index contributed by atoms with van der Waals surface area (Å²) in [7, 11) is 0. The maximum Gasteiger partial charge on any atom is 0.0696 e. The van der Waals surface area contributed by atoms with Gasteiger partial charge >= 0.3 is 0 Å². The largest absolute Gasteiger partial charge is 0.374 e. The minimum absolute atomic E-state index is 0.545. The van der Waals surface area contributed by atoms with E-state index in [0.717, 1.165) is 15.8 Å². The van der Waals surface area contributed by atoms with Crippen LogP contribution in [0.3, 0.4) is 0 Å². The molecule has 0 aliphatic heterocycles. The van der Waals surface area contributed by atoms with Gasteiger partial charge in [0.05, 0.1) is 12.2 Å². The van der Waals surface area contributed by atoms with Gasteiger partial charge in [-0.1, -0.05) is 55.7 Å². The van der Waals surface area contributed by atoms with Crippen molar-refractivity contribution >= 4 is 22.6 Å². The predicted octanol–water partition coefficient (Wildman–Crippen LogP) is 4.96. The van der Waals surface area contributed by atoms with E-state index in [2.05, 4.69) is 36.4 Å². The molecule has 1 nitrogen and oxygen atoms in total. The summed E-state index contributed by atoms with van der Waals surface area (Å²) in [4.78, 5) is 0. The molecule has 0 bridgehead atoms. The first-order valence-corrected chi connectivity index (χ1v) is 8.71. The van der Waals surface area contributed by atoms with Crippen molar-refractivity contribution in [3.8, 4) is 0 Å². The summed E-state index contributed by atoms with van der Waals surface area (Å²) < 4.78 is 7.19. The number of ether oxygens (including phenoxy) is 1. The average molecular weight is 350 g/mol. The van der Waals surface area contributed by atoms with Crippen LogP contribution in [-0.4, -0.2) is 16.1 Å². The van der Waals surface area contributed by atoms with E-state index < -0.39 is 0 Å². The Morgan fingerprint density at radius 3 is 2.41 bits per heavy atom. The topological polar surface area (TPSA) is 9.23 Å². The molecule has 0 spiro atoms.